The molecule has 0 amide bonds. The van der Waals surface area contributed by atoms with Gasteiger partial charge >= 0.3 is 49.4 Å². The summed E-state index contributed by atoms with van der Waals surface area (Å²) in [6, 6.07) is 4.13. The van der Waals surface area contributed by atoms with E-state index in [1.54, 1.807) is 0 Å². The van der Waals surface area contributed by atoms with E-state index in [1.807, 2.05) is 19.9 Å². The normalized spacial score (nSPS) is 8.35. The fourth-order valence-electron chi connectivity index (χ4n) is 1.25. The van der Waals surface area contributed by atoms with Crippen molar-refractivity contribution in [3.8, 4) is 11.8 Å². The molecule has 0 unspecified atom stereocenters. The van der Waals surface area contributed by atoms with E-state index in [9.17, 15) is 4.79 Å². The Kier molecular flexibility index (Phi) is 9.70. The van der Waals surface area contributed by atoms with E-state index in [-0.39, 0.29) is 5.78 Å². The zero-order valence-corrected chi connectivity index (χ0v) is 16.0. The molecule has 0 saturated heterocycles. The molecule has 0 heterocycles. The molecular formula is C13H14I2OV. The van der Waals surface area contributed by atoms with Crippen molar-refractivity contribution in [1.29, 1.82) is 0 Å². The van der Waals surface area contributed by atoms with Crippen LogP contribution in [0.4, 0.5) is 0 Å². The van der Waals surface area contributed by atoms with E-state index in [0.717, 1.165) is 11.1 Å². The van der Waals surface area contributed by atoms with Crippen LogP contribution < -0.4 is 0 Å². The Morgan fingerprint density at radius 2 is 1.59 bits per heavy atom. The van der Waals surface area contributed by atoms with Crippen molar-refractivity contribution in [3.05, 3.63) is 34.4 Å². The second-order valence-corrected chi connectivity index (χ2v) is 15.4. The first-order chi connectivity index (χ1) is 7.92. The topological polar surface area (TPSA) is 17.1 Å². The van der Waals surface area contributed by atoms with Crippen molar-refractivity contribution in [2.75, 3.05) is 0 Å². The van der Waals surface area contributed by atoms with Gasteiger partial charge in [-0.15, -0.1) is 0 Å². The van der Waals surface area contributed by atoms with Crippen molar-refractivity contribution < 1.29 is 14.3 Å². The van der Waals surface area contributed by atoms with Gasteiger partial charge in [-0.3, -0.25) is 4.79 Å². The van der Waals surface area contributed by atoms with Crippen LogP contribution in [0, 0.1) is 32.6 Å². The maximum atomic E-state index is 10.7. The first-order valence-corrected chi connectivity index (χ1v) is 14.0. The summed E-state index contributed by atoms with van der Waals surface area (Å²) in [6.07, 6.45) is 0. The van der Waals surface area contributed by atoms with Gasteiger partial charge in [0, 0.05) is 12.5 Å². The van der Waals surface area contributed by atoms with Gasteiger partial charge in [-0.05, 0) is 49.4 Å². The van der Waals surface area contributed by atoms with Crippen LogP contribution in [0.5, 0.6) is 0 Å². The molecule has 0 saturated carbocycles. The predicted octanol–water partition coefficient (Wildman–Crippen LogP) is 4.32. The van der Waals surface area contributed by atoms with Gasteiger partial charge in [0.25, 0.3) is 0 Å². The molecule has 17 heavy (non-hydrogen) atoms. The average Bonchev–Trinajstić information content (AvgIpc) is 2.22. The van der Waals surface area contributed by atoms with Gasteiger partial charge in [0.05, 0.1) is 0 Å². The van der Waals surface area contributed by atoms with Gasteiger partial charge < -0.3 is 0 Å². The summed E-state index contributed by atoms with van der Waals surface area (Å²) in [7, 11) is 0.628. The summed E-state index contributed by atoms with van der Waals surface area (Å²) >= 11 is 4.74. The number of carbonyl (C=O) groups is 1. The number of rotatable bonds is 0. The Bertz CT molecular complexity index is 458. The van der Waals surface area contributed by atoms with E-state index < -0.39 is 0 Å². The van der Waals surface area contributed by atoms with Gasteiger partial charge in [0.2, 0.25) is 5.78 Å². The molecule has 1 aromatic rings. The van der Waals surface area contributed by atoms with Crippen molar-refractivity contribution >= 4 is 45.7 Å². The number of hydrogen-bond acceptors (Lipinski definition) is 1. The van der Waals surface area contributed by atoms with E-state index in [4.69, 9.17) is 0 Å². The summed E-state index contributed by atoms with van der Waals surface area (Å²) < 4.78 is 0. The minimum absolute atomic E-state index is 0.0948. The van der Waals surface area contributed by atoms with Crippen LogP contribution in [0.2, 0.25) is 0 Å². The SMILES string of the molecule is CC(=O)C#Cc1cc(C)c(C)cc1C.[I][V][I]. The van der Waals surface area contributed by atoms with Gasteiger partial charge in [0.1, 0.15) is 0 Å². The molecule has 0 aliphatic rings. The van der Waals surface area contributed by atoms with Crippen LogP contribution in [-0.2, 0) is 14.3 Å². The third-order valence-corrected chi connectivity index (χ3v) is 2.21. The number of hydrogen-bond donors (Lipinski definition) is 0. The minimum atomic E-state index is -0.0948. The molecule has 0 spiro atoms. The van der Waals surface area contributed by atoms with Crippen LogP contribution in [0.1, 0.15) is 29.2 Å². The maximum absolute atomic E-state index is 10.7. The number of Topliss-reactive ketones (excluding diaryl/α,β-unsaturated/α-hetero) is 1. The quantitative estimate of drug-likeness (QED) is 0.391. The van der Waals surface area contributed by atoms with E-state index in [2.05, 4.69) is 64.8 Å². The predicted molar refractivity (Wildman–Crippen MR) is 86.3 cm³/mol. The number of halogens is 2. The van der Waals surface area contributed by atoms with Crippen molar-refractivity contribution in [1.82, 2.24) is 0 Å². The Balaban J connectivity index is 0.000000770. The fraction of sp³-hybridized carbons (Fsp3) is 0.308. The first kappa shape index (κ1) is 17.5. The summed E-state index contributed by atoms with van der Waals surface area (Å²) in [5.41, 5.74) is 4.55. The number of aryl methyl sites for hydroxylation is 3. The van der Waals surface area contributed by atoms with Crippen LogP contribution in [0.3, 0.4) is 0 Å². The zero-order valence-electron chi connectivity index (χ0n) is 10.3. The van der Waals surface area contributed by atoms with Crippen LogP contribution in [0.25, 0.3) is 0 Å². The molecule has 0 aliphatic heterocycles. The van der Waals surface area contributed by atoms with Gasteiger partial charge in [-0.1, -0.05) is 12.0 Å². The van der Waals surface area contributed by atoms with Crippen molar-refractivity contribution in [2.24, 2.45) is 0 Å². The second-order valence-electron chi connectivity index (χ2n) is 3.62. The molecule has 0 aliphatic carbocycles. The van der Waals surface area contributed by atoms with Crippen molar-refractivity contribution in [2.45, 2.75) is 27.7 Å². The molecule has 0 N–H and O–H groups in total. The Labute approximate surface area is 132 Å². The fourth-order valence-corrected chi connectivity index (χ4v) is 1.25. The Morgan fingerprint density at radius 1 is 1.12 bits per heavy atom. The molecule has 1 rings (SSSR count). The number of benzene rings is 1. The molecular weight excluding hydrogens is 477 g/mol. The van der Waals surface area contributed by atoms with Gasteiger partial charge in [-0.2, -0.15) is 0 Å². The molecule has 4 heteroatoms. The molecule has 1 aromatic carbocycles. The average molecular weight is 491 g/mol. The summed E-state index contributed by atoms with van der Waals surface area (Å²) in [5, 5.41) is 0. The van der Waals surface area contributed by atoms with Gasteiger partial charge in [0.15, 0.2) is 0 Å². The Morgan fingerprint density at radius 3 is 2.06 bits per heavy atom. The van der Waals surface area contributed by atoms with Crippen molar-refractivity contribution in [3.63, 3.8) is 0 Å². The molecule has 91 valence electrons. The molecule has 0 atom stereocenters. The van der Waals surface area contributed by atoms with Crippen LogP contribution in [0.15, 0.2) is 12.1 Å². The molecule has 0 fully saturated rings. The third kappa shape index (κ3) is 7.50. The number of carbonyl (C=O) groups excluding carboxylic acids is 1. The summed E-state index contributed by atoms with van der Waals surface area (Å²) in [5.74, 6) is 5.35. The molecule has 0 bridgehead atoms. The van der Waals surface area contributed by atoms with Crippen LogP contribution in [-0.4, -0.2) is 5.78 Å². The van der Waals surface area contributed by atoms with E-state index in [0.29, 0.717) is 9.47 Å². The standard InChI is InChI=1S/C13H14O.2HI.V/c1-9-7-11(3)13(8-10(9)2)6-5-12(4)14;;;/h7-8H,1-4H3;2*1H;/q;;;+2/p-2. The Hall–Kier alpha value is 0.494. The molecule has 0 radical (unpaired) electrons. The number of ketones is 1. The van der Waals surface area contributed by atoms with Gasteiger partial charge in [-0.25, -0.2) is 0 Å². The third-order valence-electron chi connectivity index (χ3n) is 2.21. The van der Waals surface area contributed by atoms with Crippen LogP contribution >= 0.6 is 40.0 Å². The monoisotopic (exact) mass is 491 g/mol. The first-order valence-electron chi connectivity index (χ1n) is 4.95. The zero-order chi connectivity index (χ0) is 13.4. The van der Waals surface area contributed by atoms with E-state index >= 15 is 0 Å². The molecule has 0 aromatic heterocycles. The van der Waals surface area contributed by atoms with E-state index in [1.165, 1.54) is 18.1 Å². The molecule has 1 nitrogen and oxygen atoms in total. The summed E-state index contributed by atoms with van der Waals surface area (Å²) in [4.78, 5) is 10.7. The second kappa shape index (κ2) is 9.43. The summed E-state index contributed by atoms with van der Waals surface area (Å²) in [6.45, 7) is 7.61.